The molecule has 0 saturated heterocycles. The summed E-state index contributed by atoms with van der Waals surface area (Å²) in [5.41, 5.74) is 5.85. The maximum absolute atomic E-state index is 4.62. The van der Waals surface area contributed by atoms with Gasteiger partial charge in [0.25, 0.3) is 0 Å². The molecular weight excluding hydrogens is 334 g/mol. The van der Waals surface area contributed by atoms with E-state index in [0.717, 1.165) is 43.3 Å². The number of hydrogen-bond donors (Lipinski definition) is 0. The van der Waals surface area contributed by atoms with Crippen LogP contribution in [0, 0.1) is 13.8 Å². The second kappa shape index (κ2) is 8.93. The molecule has 0 N–H and O–H groups in total. The number of aromatic nitrogens is 3. The third-order valence-electron chi connectivity index (χ3n) is 4.56. The molecule has 3 rings (SSSR count). The zero-order valence-corrected chi connectivity index (χ0v) is 16.8. The van der Waals surface area contributed by atoms with Crippen LogP contribution in [0.4, 0.5) is 0 Å². The van der Waals surface area contributed by atoms with Crippen molar-refractivity contribution in [1.29, 1.82) is 0 Å². The van der Waals surface area contributed by atoms with E-state index < -0.39 is 0 Å². The van der Waals surface area contributed by atoms with Gasteiger partial charge in [0.05, 0.1) is 11.4 Å². The Kier molecular flexibility index (Phi) is 6.37. The quantitative estimate of drug-likeness (QED) is 0.614. The number of nitrogens with zero attached hydrogens (tertiary/aromatic N) is 5. The van der Waals surface area contributed by atoms with Gasteiger partial charge in [-0.15, -0.1) is 0 Å². The molecule has 2 heterocycles. The molecule has 0 fully saturated rings. The molecule has 0 atom stereocenters. The molecule has 1 aromatic carbocycles. The van der Waals surface area contributed by atoms with Gasteiger partial charge in [-0.2, -0.15) is 5.10 Å². The average Bonchev–Trinajstić information content (AvgIpc) is 2.99. The van der Waals surface area contributed by atoms with Gasteiger partial charge < -0.3 is 4.90 Å². The molecule has 0 radical (unpaired) electrons. The van der Waals surface area contributed by atoms with E-state index in [1.807, 2.05) is 30.1 Å². The summed E-state index contributed by atoms with van der Waals surface area (Å²) in [6.07, 6.45) is 3.78. The summed E-state index contributed by atoms with van der Waals surface area (Å²) in [6.45, 7) is 7.95. The highest BCUT2D eigenvalue weighted by molar-refractivity contribution is 5.37. The Labute approximate surface area is 162 Å². The molecule has 2 aromatic heterocycles. The van der Waals surface area contributed by atoms with Crippen LogP contribution in [0.5, 0.6) is 0 Å². The summed E-state index contributed by atoms with van der Waals surface area (Å²) in [5.74, 6) is 0. The Morgan fingerprint density at radius 1 is 0.926 bits per heavy atom. The molecular formula is C22H29N5. The van der Waals surface area contributed by atoms with E-state index in [1.54, 1.807) is 0 Å². The minimum atomic E-state index is 0.895. The lowest BCUT2D eigenvalue weighted by molar-refractivity contribution is 0.226. The van der Waals surface area contributed by atoms with E-state index in [-0.39, 0.29) is 0 Å². The summed E-state index contributed by atoms with van der Waals surface area (Å²) < 4.78 is 2.02. The largest absolute Gasteiger partial charge is 0.308 e. The van der Waals surface area contributed by atoms with Gasteiger partial charge in [-0.3, -0.25) is 9.88 Å². The van der Waals surface area contributed by atoms with Gasteiger partial charge in [-0.25, -0.2) is 4.68 Å². The summed E-state index contributed by atoms with van der Waals surface area (Å²) in [5, 5.41) is 4.62. The van der Waals surface area contributed by atoms with Crippen molar-refractivity contribution in [3.05, 3.63) is 77.4 Å². The first kappa shape index (κ1) is 19.3. The molecule has 0 aliphatic rings. The molecule has 5 nitrogen and oxygen atoms in total. The van der Waals surface area contributed by atoms with Crippen molar-refractivity contribution in [1.82, 2.24) is 24.6 Å². The Hall–Kier alpha value is -2.50. The number of rotatable bonds is 8. The number of aryl methyl sites for hydroxylation is 2. The smallest absolute Gasteiger partial charge is 0.0651 e. The topological polar surface area (TPSA) is 37.2 Å². The molecule has 0 unspecified atom stereocenters. The summed E-state index contributed by atoms with van der Waals surface area (Å²) in [6, 6.07) is 14.9. The monoisotopic (exact) mass is 363 g/mol. The van der Waals surface area contributed by atoms with E-state index in [0.29, 0.717) is 0 Å². The van der Waals surface area contributed by atoms with Crippen LogP contribution < -0.4 is 0 Å². The third-order valence-corrected chi connectivity index (χ3v) is 4.56. The normalized spacial score (nSPS) is 11.5. The molecule has 27 heavy (non-hydrogen) atoms. The molecule has 0 bridgehead atoms. The molecule has 0 aliphatic carbocycles. The van der Waals surface area contributed by atoms with Crippen LogP contribution in [-0.2, 0) is 13.1 Å². The van der Waals surface area contributed by atoms with Crippen molar-refractivity contribution in [2.45, 2.75) is 26.9 Å². The first-order chi connectivity index (χ1) is 13.0. The third kappa shape index (κ3) is 5.49. The van der Waals surface area contributed by atoms with E-state index in [4.69, 9.17) is 0 Å². The van der Waals surface area contributed by atoms with Crippen LogP contribution in [0.2, 0.25) is 0 Å². The summed E-state index contributed by atoms with van der Waals surface area (Å²) >= 11 is 0. The highest BCUT2D eigenvalue weighted by atomic mass is 15.3. The van der Waals surface area contributed by atoms with Crippen LogP contribution in [0.1, 0.15) is 22.5 Å². The maximum atomic E-state index is 4.62. The van der Waals surface area contributed by atoms with Crippen molar-refractivity contribution < 1.29 is 0 Å². The number of likely N-dealkylation sites (N-methyl/N-ethyl adjacent to an activating group) is 1. The molecule has 142 valence electrons. The molecule has 0 amide bonds. The first-order valence-corrected chi connectivity index (χ1v) is 9.40. The van der Waals surface area contributed by atoms with Gasteiger partial charge in [-0.05, 0) is 63.3 Å². The van der Waals surface area contributed by atoms with E-state index in [1.165, 1.54) is 11.1 Å². The van der Waals surface area contributed by atoms with Gasteiger partial charge in [-0.1, -0.05) is 18.2 Å². The molecule has 0 spiro atoms. The molecule has 5 heteroatoms. The minimum Gasteiger partial charge on any atom is -0.308 e. The lowest BCUT2D eigenvalue weighted by Gasteiger charge is -2.24. The number of hydrogen-bond acceptors (Lipinski definition) is 4. The summed E-state index contributed by atoms with van der Waals surface area (Å²) in [4.78, 5) is 8.95. The van der Waals surface area contributed by atoms with Crippen LogP contribution >= 0.6 is 0 Å². The van der Waals surface area contributed by atoms with Gasteiger partial charge >= 0.3 is 0 Å². The van der Waals surface area contributed by atoms with Crippen LogP contribution in [0.15, 0.2) is 54.9 Å². The van der Waals surface area contributed by atoms with E-state index in [9.17, 15) is 0 Å². The predicted molar refractivity (Wildman–Crippen MR) is 110 cm³/mol. The zero-order valence-electron chi connectivity index (χ0n) is 16.8. The standard InChI is InChI=1S/C22H29N5/c1-18-13-19(2)27(24-18)22-9-5-7-20(14-22)16-26(12-11-25(3)4)17-21-8-6-10-23-15-21/h5-10,13-15H,11-12,16-17H2,1-4H3. The zero-order chi connectivity index (χ0) is 19.2. The fourth-order valence-corrected chi connectivity index (χ4v) is 3.24. The number of pyridine rings is 1. The van der Waals surface area contributed by atoms with Gasteiger partial charge in [0.2, 0.25) is 0 Å². The fourth-order valence-electron chi connectivity index (χ4n) is 3.24. The Morgan fingerprint density at radius 2 is 1.70 bits per heavy atom. The number of benzene rings is 1. The Bertz CT molecular complexity index is 854. The van der Waals surface area contributed by atoms with Gasteiger partial charge in [0.1, 0.15) is 0 Å². The highest BCUT2D eigenvalue weighted by Crippen LogP contribution is 2.16. The molecule has 0 aliphatic heterocycles. The van der Waals surface area contributed by atoms with E-state index in [2.05, 4.69) is 77.3 Å². The lowest BCUT2D eigenvalue weighted by Crippen LogP contribution is -2.31. The Balaban J connectivity index is 1.78. The SMILES string of the molecule is Cc1cc(C)n(-c2cccc(CN(CCN(C)C)Cc3cccnc3)c2)n1. The predicted octanol–water partition coefficient (Wildman–Crippen LogP) is 3.45. The fraction of sp³-hybridized carbons (Fsp3) is 0.364. The van der Waals surface area contributed by atoms with Crippen LogP contribution in [0.3, 0.4) is 0 Å². The highest BCUT2D eigenvalue weighted by Gasteiger charge is 2.10. The van der Waals surface area contributed by atoms with Crippen molar-refractivity contribution in [2.24, 2.45) is 0 Å². The minimum absolute atomic E-state index is 0.895. The molecule has 3 aromatic rings. The van der Waals surface area contributed by atoms with Crippen molar-refractivity contribution in [2.75, 3.05) is 27.2 Å². The van der Waals surface area contributed by atoms with Crippen LogP contribution in [-0.4, -0.2) is 51.7 Å². The van der Waals surface area contributed by atoms with Gasteiger partial charge in [0, 0.05) is 44.3 Å². The van der Waals surface area contributed by atoms with Crippen LogP contribution in [0.25, 0.3) is 5.69 Å². The van der Waals surface area contributed by atoms with Crippen molar-refractivity contribution in [3.63, 3.8) is 0 Å². The first-order valence-electron chi connectivity index (χ1n) is 9.40. The van der Waals surface area contributed by atoms with E-state index >= 15 is 0 Å². The van der Waals surface area contributed by atoms with Crippen molar-refractivity contribution in [3.8, 4) is 5.69 Å². The lowest BCUT2D eigenvalue weighted by atomic mass is 10.1. The van der Waals surface area contributed by atoms with Crippen molar-refractivity contribution >= 4 is 0 Å². The average molecular weight is 364 g/mol. The Morgan fingerprint density at radius 3 is 2.37 bits per heavy atom. The second-order valence-electron chi connectivity index (χ2n) is 7.38. The van der Waals surface area contributed by atoms with Gasteiger partial charge in [0.15, 0.2) is 0 Å². The summed E-state index contributed by atoms with van der Waals surface area (Å²) in [7, 11) is 4.23. The maximum Gasteiger partial charge on any atom is 0.0651 e. The second-order valence-corrected chi connectivity index (χ2v) is 7.38. The molecule has 0 saturated carbocycles.